The number of carbonyl (C=O) groups excluding carboxylic acids is 1. The highest BCUT2D eigenvalue weighted by molar-refractivity contribution is 7.22. The van der Waals surface area contributed by atoms with Gasteiger partial charge in [-0.05, 0) is 23.6 Å². The molecule has 1 amide bonds. The van der Waals surface area contributed by atoms with Crippen LogP contribution in [0.5, 0.6) is 0 Å². The van der Waals surface area contributed by atoms with E-state index in [0.29, 0.717) is 10.6 Å². The maximum absolute atomic E-state index is 12.4. The van der Waals surface area contributed by atoms with Crippen molar-refractivity contribution in [3.05, 3.63) is 65.1 Å². The molecule has 0 aliphatic heterocycles. The monoisotopic (exact) mass is 337 g/mol. The van der Waals surface area contributed by atoms with Crippen molar-refractivity contribution >= 4 is 45.2 Å². The van der Waals surface area contributed by atoms with Gasteiger partial charge in [0.05, 0.1) is 28.5 Å². The van der Waals surface area contributed by atoms with Crippen LogP contribution in [0, 0.1) is 0 Å². The van der Waals surface area contributed by atoms with Crippen LogP contribution in [0.3, 0.4) is 0 Å². The van der Waals surface area contributed by atoms with Gasteiger partial charge in [-0.15, -0.1) is 22.7 Å². The SMILES string of the molecule is O=C(Nc1cnc2ccccc2c1)c1cnc(-c2cccs2)s1. The fourth-order valence-corrected chi connectivity index (χ4v) is 3.84. The molecule has 0 unspecified atom stereocenters. The van der Waals surface area contributed by atoms with Gasteiger partial charge < -0.3 is 5.32 Å². The van der Waals surface area contributed by atoms with E-state index in [-0.39, 0.29) is 5.91 Å². The van der Waals surface area contributed by atoms with E-state index >= 15 is 0 Å². The fourth-order valence-electron chi connectivity index (χ4n) is 2.23. The maximum Gasteiger partial charge on any atom is 0.267 e. The molecule has 4 nitrogen and oxygen atoms in total. The van der Waals surface area contributed by atoms with Gasteiger partial charge in [0.25, 0.3) is 5.91 Å². The molecule has 0 fully saturated rings. The minimum atomic E-state index is -0.164. The summed E-state index contributed by atoms with van der Waals surface area (Å²) in [5.74, 6) is -0.164. The summed E-state index contributed by atoms with van der Waals surface area (Å²) in [7, 11) is 0. The molecular formula is C17H11N3OS2. The number of amides is 1. The molecule has 0 aliphatic rings. The molecule has 0 bridgehead atoms. The molecule has 1 aromatic carbocycles. The van der Waals surface area contributed by atoms with Gasteiger partial charge in [0.15, 0.2) is 0 Å². The Labute approximate surface area is 140 Å². The molecular weight excluding hydrogens is 326 g/mol. The second kappa shape index (κ2) is 5.91. The molecule has 1 N–H and O–H groups in total. The Hall–Kier alpha value is -2.57. The molecule has 4 aromatic rings. The number of rotatable bonds is 3. The van der Waals surface area contributed by atoms with E-state index in [2.05, 4.69) is 15.3 Å². The van der Waals surface area contributed by atoms with Crippen molar-refractivity contribution < 1.29 is 4.79 Å². The molecule has 3 heterocycles. The first-order chi connectivity index (χ1) is 11.3. The smallest absolute Gasteiger partial charge is 0.267 e. The third kappa shape index (κ3) is 2.86. The van der Waals surface area contributed by atoms with Crippen LogP contribution < -0.4 is 5.32 Å². The van der Waals surface area contributed by atoms with Crippen LogP contribution >= 0.6 is 22.7 Å². The van der Waals surface area contributed by atoms with E-state index in [9.17, 15) is 4.79 Å². The molecule has 23 heavy (non-hydrogen) atoms. The Kier molecular flexibility index (Phi) is 3.61. The molecule has 6 heteroatoms. The minimum absolute atomic E-state index is 0.164. The zero-order valence-corrected chi connectivity index (χ0v) is 13.5. The van der Waals surface area contributed by atoms with Crippen LogP contribution in [0.1, 0.15) is 9.67 Å². The van der Waals surface area contributed by atoms with E-state index in [1.54, 1.807) is 23.7 Å². The molecule has 3 aromatic heterocycles. The number of fused-ring (bicyclic) bond motifs is 1. The normalized spacial score (nSPS) is 10.8. The molecule has 0 radical (unpaired) electrons. The number of nitrogens with one attached hydrogen (secondary N) is 1. The quantitative estimate of drug-likeness (QED) is 0.591. The highest BCUT2D eigenvalue weighted by Crippen LogP contribution is 2.29. The molecule has 4 rings (SSSR count). The summed E-state index contributed by atoms with van der Waals surface area (Å²) in [6.07, 6.45) is 3.28. The third-order valence-electron chi connectivity index (χ3n) is 3.31. The highest BCUT2D eigenvalue weighted by atomic mass is 32.1. The number of thiazole rings is 1. The number of thiophene rings is 1. The van der Waals surface area contributed by atoms with Gasteiger partial charge in [-0.25, -0.2) is 4.98 Å². The maximum atomic E-state index is 12.4. The van der Waals surface area contributed by atoms with Crippen LogP contribution in [0.15, 0.2) is 60.2 Å². The summed E-state index contributed by atoms with van der Waals surface area (Å²) in [4.78, 5) is 22.7. The van der Waals surface area contributed by atoms with Gasteiger partial charge in [-0.1, -0.05) is 24.3 Å². The highest BCUT2D eigenvalue weighted by Gasteiger charge is 2.12. The van der Waals surface area contributed by atoms with E-state index in [1.165, 1.54) is 11.3 Å². The molecule has 0 atom stereocenters. The first kappa shape index (κ1) is 14.0. The van der Waals surface area contributed by atoms with Crippen molar-refractivity contribution in [1.29, 1.82) is 0 Å². The van der Waals surface area contributed by atoms with Gasteiger partial charge in [-0.2, -0.15) is 0 Å². The van der Waals surface area contributed by atoms with E-state index < -0.39 is 0 Å². The number of hydrogen-bond donors (Lipinski definition) is 1. The van der Waals surface area contributed by atoms with Crippen LogP contribution in [-0.2, 0) is 0 Å². The Morgan fingerprint density at radius 3 is 2.83 bits per heavy atom. The number of carbonyl (C=O) groups is 1. The average Bonchev–Trinajstić information content (AvgIpc) is 3.26. The molecule has 112 valence electrons. The van der Waals surface area contributed by atoms with E-state index in [1.807, 2.05) is 47.8 Å². The molecule has 0 spiro atoms. The lowest BCUT2D eigenvalue weighted by Gasteiger charge is -2.04. The van der Waals surface area contributed by atoms with Crippen molar-refractivity contribution in [3.8, 4) is 9.88 Å². The Balaban J connectivity index is 1.57. The number of aromatic nitrogens is 2. The summed E-state index contributed by atoms with van der Waals surface area (Å²) in [5.41, 5.74) is 1.59. The minimum Gasteiger partial charge on any atom is -0.320 e. The van der Waals surface area contributed by atoms with Crippen molar-refractivity contribution in [1.82, 2.24) is 9.97 Å². The number of hydrogen-bond acceptors (Lipinski definition) is 5. The van der Waals surface area contributed by atoms with Gasteiger partial charge >= 0.3 is 0 Å². The lowest BCUT2D eigenvalue weighted by molar-refractivity contribution is 0.103. The number of anilines is 1. The van der Waals surface area contributed by atoms with Crippen molar-refractivity contribution in [2.75, 3.05) is 5.32 Å². The summed E-state index contributed by atoms with van der Waals surface area (Å²) in [6.45, 7) is 0. The number of pyridine rings is 1. The standard InChI is InChI=1S/C17H11N3OS2/c21-16(15-10-19-17(23-15)14-6-3-7-22-14)20-12-8-11-4-1-2-5-13(11)18-9-12/h1-10H,(H,20,21). The summed E-state index contributed by atoms with van der Waals surface area (Å²) >= 11 is 3.00. The lowest BCUT2D eigenvalue weighted by Crippen LogP contribution is -2.10. The zero-order valence-electron chi connectivity index (χ0n) is 11.9. The number of para-hydroxylation sites is 1. The third-order valence-corrected chi connectivity index (χ3v) is 5.34. The second-order valence-corrected chi connectivity index (χ2v) is 6.86. The Bertz CT molecular complexity index is 976. The number of benzene rings is 1. The second-order valence-electron chi connectivity index (χ2n) is 4.88. The van der Waals surface area contributed by atoms with Crippen molar-refractivity contribution in [2.45, 2.75) is 0 Å². The predicted molar refractivity (Wildman–Crippen MR) is 95.1 cm³/mol. The molecule has 0 saturated heterocycles. The topological polar surface area (TPSA) is 54.9 Å². The van der Waals surface area contributed by atoms with Gasteiger partial charge in [0.1, 0.15) is 9.88 Å². The molecule has 0 saturated carbocycles. The van der Waals surface area contributed by atoms with Gasteiger partial charge in [-0.3, -0.25) is 9.78 Å². The predicted octanol–water partition coefficient (Wildman–Crippen LogP) is 4.67. The van der Waals surface area contributed by atoms with Crippen LogP contribution in [0.25, 0.3) is 20.8 Å². The fraction of sp³-hybridized carbons (Fsp3) is 0. The van der Waals surface area contributed by atoms with E-state index in [0.717, 1.165) is 20.8 Å². The largest absolute Gasteiger partial charge is 0.320 e. The molecule has 0 aliphatic carbocycles. The van der Waals surface area contributed by atoms with Gasteiger partial charge in [0.2, 0.25) is 0 Å². The van der Waals surface area contributed by atoms with Crippen molar-refractivity contribution in [2.24, 2.45) is 0 Å². The number of nitrogens with zero attached hydrogens (tertiary/aromatic N) is 2. The van der Waals surface area contributed by atoms with E-state index in [4.69, 9.17) is 0 Å². The van der Waals surface area contributed by atoms with Crippen LogP contribution in [-0.4, -0.2) is 15.9 Å². The van der Waals surface area contributed by atoms with Crippen LogP contribution in [0.2, 0.25) is 0 Å². The summed E-state index contributed by atoms with van der Waals surface area (Å²) in [6, 6.07) is 13.7. The average molecular weight is 337 g/mol. The lowest BCUT2D eigenvalue weighted by atomic mass is 10.2. The summed E-state index contributed by atoms with van der Waals surface area (Å²) in [5, 5.41) is 6.74. The first-order valence-electron chi connectivity index (χ1n) is 6.95. The first-order valence-corrected chi connectivity index (χ1v) is 8.65. The zero-order chi connectivity index (χ0) is 15.6. The van der Waals surface area contributed by atoms with Crippen LogP contribution in [0.4, 0.5) is 5.69 Å². The van der Waals surface area contributed by atoms with Crippen molar-refractivity contribution in [3.63, 3.8) is 0 Å². The summed E-state index contributed by atoms with van der Waals surface area (Å²) < 4.78 is 0. The van der Waals surface area contributed by atoms with Gasteiger partial charge in [0, 0.05) is 5.39 Å². The Morgan fingerprint density at radius 1 is 1.04 bits per heavy atom. The Morgan fingerprint density at radius 2 is 1.96 bits per heavy atom.